The summed E-state index contributed by atoms with van der Waals surface area (Å²) < 4.78 is 2.14. The highest BCUT2D eigenvalue weighted by molar-refractivity contribution is 6.30. The van der Waals surface area contributed by atoms with Crippen molar-refractivity contribution < 1.29 is 4.79 Å². The van der Waals surface area contributed by atoms with Crippen LogP contribution in [0.2, 0.25) is 5.02 Å². The van der Waals surface area contributed by atoms with E-state index in [0.717, 1.165) is 59.7 Å². The Hall–Kier alpha value is -2.79. The third-order valence-corrected chi connectivity index (χ3v) is 6.14. The first-order valence-corrected chi connectivity index (χ1v) is 10.5. The van der Waals surface area contributed by atoms with Gasteiger partial charge in [-0.25, -0.2) is 4.98 Å². The van der Waals surface area contributed by atoms with Crippen molar-refractivity contribution in [3.8, 4) is 0 Å². The van der Waals surface area contributed by atoms with E-state index in [-0.39, 0.29) is 11.9 Å². The lowest BCUT2D eigenvalue weighted by Gasteiger charge is -2.35. The molecule has 5 rings (SSSR count). The molecule has 3 heterocycles. The molecule has 2 aromatic carbocycles. The maximum Gasteiger partial charge on any atom is 0.254 e. The van der Waals surface area contributed by atoms with Gasteiger partial charge in [0, 0.05) is 23.8 Å². The van der Waals surface area contributed by atoms with Gasteiger partial charge in [-0.1, -0.05) is 35.9 Å². The fourth-order valence-corrected chi connectivity index (χ4v) is 4.59. The largest absolute Gasteiger partial charge is 0.339 e. The first kappa shape index (κ1) is 18.3. The fraction of sp³-hybridized carbons (Fsp3) is 0.304. The molecule has 0 unspecified atom stereocenters. The molecular weight excluding hydrogens is 384 g/mol. The van der Waals surface area contributed by atoms with Gasteiger partial charge in [0.05, 0.1) is 22.6 Å². The number of anilines is 1. The van der Waals surface area contributed by atoms with Crippen LogP contribution in [0.1, 0.15) is 37.8 Å². The first-order chi connectivity index (χ1) is 14.1. The number of piperidine rings is 1. The molecule has 0 bridgehead atoms. The van der Waals surface area contributed by atoms with Crippen LogP contribution in [0.4, 0.5) is 5.95 Å². The molecule has 1 N–H and O–H groups in total. The summed E-state index contributed by atoms with van der Waals surface area (Å²) in [4.78, 5) is 20.4. The SMILES string of the molecule is CC1=C(C(=O)N2CCCCC2)[C@H](c2ccc(Cl)cc2)n2c(nc3ccccc32)N1. The van der Waals surface area contributed by atoms with E-state index in [2.05, 4.69) is 16.0 Å². The third kappa shape index (κ3) is 3.10. The van der Waals surface area contributed by atoms with Gasteiger partial charge in [-0.3, -0.25) is 9.36 Å². The summed E-state index contributed by atoms with van der Waals surface area (Å²) >= 11 is 6.16. The molecule has 1 amide bonds. The second kappa shape index (κ2) is 7.23. The van der Waals surface area contributed by atoms with Crippen molar-refractivity contribution >= 4 is 34.5 Å². The summed E-state index contributed by atoms with van der Waals surface area (Å²) in [6.07, 6.45) is 3.32. The van der Waals surface area contributed by atoms with Gasteiger partial charge >= 0.3 is 0 Å². The molecule has 6 heteroatoms. The Morgan fingerprint density at radius 3 is 2.55 bits per heavy atom. The lowest BCUT2D eigenvalue weighted by Crippen LogP contribution is -2.40. The number of aromatic nitrogens is 2. The van der Waals surface area contributed by atoms with Crippen molar-refractivity contribution in [3.05, 3.63) is 70.4 Å². The van der Waals surface area contributed by atoms with E-state index in [1.54, 1.807) is 0 Å². The van der Waals surface area contributed by atoms with Crippen molar-refractivity contribution in [2.45, 2.75) is 32.2 Å². The summed E-state index contributed by atoms with van der Waals surface area (Å²) in [7, 11) is 0. The molecule has 1 fully saturated rings. The first-order valence-electron chi connectivity index (χ1n) is 10.1. The number of para-hydroxylation sites is 2. The quantitative estimate of drug-likeness (QED) is 0.652. The number of hydrogen-bond donors (Lipinski definition) is 1. The van der Waals surface area contributed by atoms with Crippen LogP contribution in [0.25, 0.3) is 11.0 Å². The molecule has 1 atom stereocenters. The molecule has 0 radical (unpaired) electrons. The summed E-state index contributed by atoms with van der Waals surface area (Å²) in [6, 6.07) is 15.6. The molecule has 29 heavy (non-hydrogen) atoms. The van der Waals surface area contributed by atoms with E-state index in [1.807, 2.05) is 54.3 Å². The van der Waals surface area contributed by atoms with Gasteiger partial charge in [-0.2, -0.15) is 0 Å². The number of halogens is 1. The van der Waals surface area contributed by atoms with Crippen LogP contribution in [0.5, 0.6) is 0 Å². The number of likely N-dealkylation sites (tertiary alicyclic amines) is 1. The fourth-order valence-electron chi connectivity index (χ4n) is 4.47. The lowest BCUT2D eigenvalue weighted by atomic mass is 9.93. The molecule has 1 saturated heterocycles. The Balaban J connectivity index is 1.69. The van der Waals surface area contributed by atoms with Crippen LogP contribution < -0.4 is 5.32 Å². The van der Waals surface area contributed by atoms with Gasteiger partial charge in [0.1, 0.15) is 0 Å². The Morgan fingerprint density at radius 1 is 1.07 bits per heavy atom. The number of nitrogens with one attached hydrogen (secondary N) is 1. The molecular formula is C23H23ClN4O. The van der Waals surface area contributed by atoms with E-state index in [0.29, 0.717) is 5.02 Å². The second-order valence-electron chi connectivity index (χ2n) is 7.76. The average molecular weight is 407 g/mol. The van der Waals surface area contributed by atoms with Gasteiger partial charge in [0.25, 0.3) is 5.91 Å². The maximum absolute atomic E-state index is 13.7. The van der Waals surface area contributed by atoms with E-state index in [9.17, 15) is 4.79 Å². The number of benzene rings is 2. The number of rotatable bonds is 2. The van der Waals surface area contributed by atoms with E-state index < -0.39 is 0 Å². The molecule has 2 aliphatic heterocycles. The summed E-state index contributed by atoms with van der Waals surface area (Å²) in [5.74, 6) is 0.872. The number of carbonyl (C=O) groups is 1. The van der Waals surface area contributed by atoms with Crippen LogP contribution in [0.3, 0.4) is 0 Å². The Bertz CT molecular complexity index is 1110. The van der Waals surface area contributed by atoms with Gasteiger partial charge in [0.2, 0.25) is 5.95 Å². The Labute approximate surface area is 175 Å². The molecule has 0 aliphatic carbocycles. The third-order valence-electron chi connectivity index (χ3n) is 5.89. The zero-order chi connectivity index (χ0) is 20.0. The lowest BCUT2D eigenvalue weighted by molar-refractivity contribution is -0.128. The second-order valence-corrected chi connectivity index (χ2v) is 8.20. The van der Waals surface area contributed by atoms with E-state index in [1.165, 1.54) is 6.42 Å². The highest BCUT2D eigenvalue weighted by Crippen LogP contribution is 2.40. The highest BCUT2D eigenvalue weighted by atomic mass is 35.5. The van der Waals surface area contributed by atoms with Crippen molar-refractivity contribution in [2.24, 2.45) is 0 Å². The van der Waals surface area contributed by atoms with Crippen molar-refractivity contribution in [2.75, 3.05) is 18.4 Å². The van der Waals surface area contributed by atoms with Gasteiger partial charge in [0.15, 0.2) is 0 Å². The minimum absolute atomic E-state index is 0.109. The minimum Gasteiger partial charge on any atom is -0.339 e. The zero-order valence-electron chi connectivity index (χ0n) is 16.4. The van der Waals surface area contributed by atoms with Crippen molar-refractivity contribution in [1.82, 2.24) is 14.5 Å². The number of imidazole rings is 1. The predicted octanol–water partition coefficient (Wildman–Crippen LogP) is 4.99. The zero-order valence-corrected chi connectivity index (χ0v) is 17.1. The standard InChI is InChI=1S/C23H23ClN4O/c1-15-20(22(29)27-13-5-2-6-14-27)21(16-9-11-17(24)12-10-16)28-19-8-4-3-7-18(19)26-23(28)25-15/h3-4,7-12,21H,2,5-6,13-14H2,1H3,(H,25,26)/t21-/m0/s1. The number of allylic oxidation sites excluding steroid dienone is 1. The predicted molar refractivity (Wildman–Crippen MR) is 116 cm³/mol. The Morgan fingerprint density at radius 2 is 1.79 bits per heavy atom. The number of fused-ring (bicyclic) bond motifs is 3. The maximum atomic E-state index is 13.7. The number of carbonyl (C=O) groups excluding carboxylic acids is 1. The van der Waals surface area contributed by atoms with Crippen LogP contribution in [0, 0.1) is 0 Å². The number of amides is 1. The normalized spacial score (nSPS) is 19.2. The van der Waals surface area contributed by atoms with Crippen molar-refractivity contribution in [1.29, 1.82) is 0 Å². The molecule has 3 aromatic rings. The van der Waals surface area contributed by atoms with Crippen molar-refractivity contribution in [3.63, 3.8) is 0 Å². The number of hydrogen-bond acceptors (Lipinski definition) is 3. The topological polar surface area (TPSA) is 50.2 Å². The summed E-state index contributed by atoms with van der Waals surface area (Å²) in [5, 5.41) is 4.07. The van der Waals surface area contributed by atoms with E-state index >= 15 is 0 Å². The summed E-state index contributed by atoms with van der Waals surface area (Å²) in [5.41, 5.74) is 4.59. The number of nitrogens with zero attached hydrogens (tertiary/aromatic N) is 3. The monoisotopic (exact) mass is 406 g/mol. The van der Waals surface area contributed by atoms with Gasteiger partial charge in [-0.15, -0.1) is 0 Å². The smallest absolute Gasteiger partial charge is 0.254 e. The van der Waals surface area contributed by atoms with Gasteiger partial charge in [-0.05, 0) is 56.0 Å². The molecule has 5 nitrogen and oxygen atoms in total. The van der Waals surface area contributed by atoms with Crippen LogP contribution in [-0.4, -0.2) is 33.4 Å². The van der Waals surface area contributed by atoms with E-state index in [4.69, 9.17) is 16.6 Å². The summed E-state index contributed by atoms with van der Waals surface area (Å²) in [6.45, 7) is 3.61. The molecule has 1 aromatic heterocycles. The average Bonchev–Trinajstić information content (AvgIpc) is 3.11. The van der Waals surface area contributed by atoms with Crippen LogP contribution >= 0.6 is 11.6 Å². The molecule has 2 aliphatic rings. The molecule has 148 valence electrons. The highest BCUT2D eigenvalue weighted by Gasteiger charge is 2.36. The minimum atomic E-state index is -0.245. The molecule has 0 spiro atoms. The van der Waals surface area contributed by atoms with Crippen LogP contribution in [0.15, 0.2) is 59.8 Å². The molecule has 0 saturated carbocycles. The van der Waals surface area contributed by atoms with Crippen LogP contribution in [-0.2, 0) is 4.79 Å². The Kier molecular flexibility index (Phi) is 4.55. The van der Waals surface area contributed by atoms with Gasteiger partial charge < -0.3 is 10.2 Å².